The Labute approximate surface area is 172 Å². The molecule has 0 radical (unpaired) electrons. The Morgan fingerprint density at radius 1 is 1.13 bits per heavy atom. The smallest absolute Gasteiger partial charge is 0.416 e. The van der Waals surface area contributed by atoms with Crippen molar-refractivity contribution >= 4 is 17.7 Å². The average molecular weight is 426 g/mol. The van der Waals surface area contributed by atoms with Crippen LogP contribution in [0, 0.1) is 0 Å². The molecule has 2 rings (SSSR count). The third kappa shape index (κ3) is 5.52. The lowest BCUT2D eigenvalue weighted by Gasteiger charge is -2.12. The summed E-state index contributed by atoms with van der Waals surface area (Å²) in [5.74, 6) is -0.729. The van der Waals surface area contributed by atoms with E-state index in [1.807, 2.05) is 6.92 Å². The number of carbonyl (C=O) groups excluding carboxylic acids is 2. The normalized spacial score (nSPS) is 11.3. The monoisotopic (exact) mass is 426 g/mol. The summed E-state index contributed by atoms with van der Waals surface area (Å²) in [7, 11) is 0. The number of aryl methyl sites for hydroxylation is 1. The Kier molecular flexibility index (Phi) is 7.85. The quantitative estimate of drug-likeness (QED) is 0.600. The van der Waals surface area contributed by atoms with Crippen LogP contribution in [-0.4, -0.2) is 34.9 Å². The summed E-state index contributed by atoms with van der Waals surface area (Å²) in [6.45, 7) is 6.21. The first kappa shape index (κ1) is 23.2. The minimum atomic E-state index is -4.47. The van der Waals surface area contributed by atoms with E-state index in [0.29, 0.717) is 24.3 Å². The number of benzene rings is 1. The maximum absolute atomic E-state index is 13.0. The molecule has 2 N–H and O–H groups in total. The van der Waals surface area contributed by atoms with E-state index in [4.69, 9.17) is 4.74 Å². The molecule has 0 bridgehead atoms. The minimum Gasteiger partial charge on any atom is -0.461 e. The van der Waals surface area contributed by atoms with Gasteiger partial charge in [0.2, 0.25) is 0 Å². The fourth-order valence-corrected chi connectivity index (χ4v) is 2.82. The maximum atomic E-state index is 13.0. The van der Waals surface area contributed by atoms with Crippen molar-refractivity contribution in [2.45, 2.75) is 46.3 Å². The Balaban J connectivity index is 2.63. The molecular formula is C20H25F3N4O3. The molecule has 2 aromatic rings. The topological polar surface area (TPSA) is 85.2 Å². The van der Waals surface area contributed by atoms with Crippen molar-refractivity contribution in [3.8, 4) is 11.3 Å². The Morgan fingerprint density at radius 2 is 1.80 bits per heavy atom. The van der Waals surface area contributed by atoms with Crippen molar-refractivity contribution in [2.24, 2.45) is 0 Å². The van der Waals surface area contributed by atoms with Gasteiger partial charge >= 0.3 is 18.2 Å². The number of carbonyl (C=O) groups is 2. The van der Waals surface area contributed by atoms with E-state index < -0.39 is 23.7 Å². The van der Waals surface area contributed by atoms with Gasteiger partial charge in [-0.05, 0) is 32.4 Å². The molecule has 164 valence electrons. The van der Waals surface area contributed by atoms with Crippen LogP contribution in [0.1, 0.15) is 49.7 Å². The number of alkyl halides is 3. The number of unbranched alkanes of at least 4 members (excludes halogenated alkanes) is 1. The van der Waals surface area contributed by atoms with Gasteiger partial charge in [-0.25, -0.2) is 9.59 Å². The zero-order chi connectivity index (χ0) is 22.3. The minimum absolute atomic E-state index is 0.0928. The second-order valence-electron chi connectivity index (χ2n) is 6.43. The molecule has 10 heteroatoms. The SMILES string of the molecule is CCCCn1nc(C(=O)OCC)c(NC(=O)NCC)c1-c1ccc(C(F)(F)F)cc1. The molecule has 0 aliphatic rings. The van der Waals surface area contributed by atoms with E-state index in [0.717, 1.165) is 25.0 Å². The van der Waals surface area contributed by atoms with Crippen molar-refractivity contribution in [3.63, 3.8) is 0 Å². The van der Waals surface area contributed by atoms with E-state index >= 15 is 0 Å². The third-order valence-electron chi connectivity index (χ3n) is 4.21. The number of urea groups is 1. The van der Waals surface area contributed by atoms with Crippen molar-refractivity contribution in [2.75, 3.05) is 18.5 Å². The number of aromatic nitrogens is 2. The van der Waals surface area contributed by atoms with Crippen molar-refractivity contribution < 1.29 is 27.5 Å². The van der Waals surface area contributed by atoms with Gasteiger partial charge in [0.15, 0.2) is 5.69 Å². The fraction of sp³-hybridized carbons (Fsp3) is 0.450. The molecule has 0 atom stereocenters. The van der Waals surface area contributed by atoms with Gasteiger partial charge in [-0.15, -0.1) is 0 Å². The molecule has 0 saturated carbocycles. The maximum Gasteiger partial charge on any atom is 0.416 e. The molecule has 1 heterocycles. The van der Waals surface area contributed by atoms with Crippen LogP contribution in [0.5, 0.6) is 0 Å². The number of amides is 2. The largest absolute Gasteiger partial charge is 0.461 e. The van der Waals surface area contributed by atoms with Gasteiger partial charge < -0.3 is 15.4 Å². The molecule has 0 saturated heterocycles. The van der Waals surface area contributed by atoms with E-state index in [9.17, 15) is 22.8 Å². The van der Waals surface area contributed by atoms with Crippen LogP contribution < -0.4 is 10.6 Å². The van der Waals surface area contributed by atoms with Gasteiger partial charge in [-0.2, -0.15) is 18.3 Å². The number of ether oxygens (including phenoxy) is 1. The summed E-state index contributed by atoms with van der Waals surface area (Å²) in [6, 6.07) is 3.92. The molecule has 30 heavy (non-hydrogen) atoms. The Hall–Kier alpha value is -3.04. The lowest BCUT2D eigenvalue weighted by Crippen LogP contribution is -2.29. The Morgan fingerprint density at radius 3 is 2.33 bits per heavy atom. The zero-order valence-electron chi connectivity index (χ0n) is 17.1. The van der Waals surface area contributed by atoms with Gasteiger partial charge in [0.05, 0.1) is 17.9 Å². The van der Waals surface area contributed by atoms with E-state index in [1.54, 1.807) is 13.8 Å². The van der Waals surface area contributed by atoms with Crippen molar-refractivity contribution in [1.29, 1.82) is 0 Å². The number of halogens is 3. The van der Waals surface area contributed by atoms with Gasteiger partial charge in [-0.1, -0.05) is 25.5 Å². The van der Waals surface area contributed by atoms with Gasteiger partial charge in [0, 0.05) is 18.7 Å². The van der Waals surface area contributed by atoms with Crippen LogP contribution in [0.3, 0.4) is 0 Å². The molecule has 0 unspecified atom stereocenters. The summed E-state index contributed by atoms with van der Waals surface area (Å²) in [4.78, 5) is 24.6. The second kappa shape index (κ2) is 10.1. The Bertz CT molecular complexity index is 877. The lowest BCUT2D eigenvalue weighted by atomic mass is 10.1. The predicted molar refractivity (Wildman–Crippen MR) is 106 cm³/mol. The highest BCUT2D eigenvalue weighted by Gasteiger charge is 2.31. The number of anilines is 1. The van der Waals surface area contributed by atoms with Crippen LogP contribution in [0.2, 0.25) is 0 Å². The summed E-state index contributed by atoms with van der Waals surface area (Å²) in [5.41, 5.74) is -0.0838. The third-order valence-corrected chi connectivity index (χ3v) is 4.21. The fourth-order valence-electron chi connectivity index (χ4n) is 2.82. The summed E-state index contributed by atoms with van der Waals surface area (Å²) < 4.78 is 45.4. The highest BCUT2D eigenvalue weighted by molar-refractivity contribution is 6.03. The predicted octanol–water partition coefficient (Wildman–Crippen LogP) is 4.69. The van der Waals surface area contributed by atoms with Crippen LogP contribution in [0.4, 0.5) is 23.7 Å². The molecule has 1 aromatic heterocycles. The molecule has 7 nitrogen and oxygen atoms in total. The number of esters is 1. The molecule has 0 fully saturated rings. The highest BCUT2D eigenvalue weighted by Crippen LogP contribution is 2.35. The first-order valence-electron chi connectivity index (χ1n) is 9.73. The van der Waals surface area contributed by atoms with E-state index in [-0.39, 0.29) is 18.0 Å². The number of nitrogens with zero attached hydrogens (tertiary/aromatic N) is 2. The van der Waals surface area contributed by atoms with Crippen LogP contribution in [-0.2, 0) is 17.5 Å². The van der Waals surface area contributed by atoms with E-state index in [1.165, 1.54) is 16.8 Å². The molecule has 0 aliphatic carbocycles. The highest BCUT2D eigenvalue weighted by atomic mass is 19.4. The number of hydrogen-bond acceptors (Lipinski definition) is 4. The lowest BCUT2D eigenvalue weighted by molar-refractivity contribution is -0.137. The second-order valence-corrected chi connectivity index (χ2v) is 6.43. The van der Waals surface area contributed by atoms with E-state index in [2.05, 4.69) is 15.7 Å². The zero-order valence-corrected chi connectivity index (χ0v) is 17.1. The van der Waals surface area contributed by atoms with Gasteiger partial charge in [0.25, 0.3) is 0 Å². The summed E-state index contributed by atoms with van der Waals surface area (Å²) in [5, 5.41) is 9.47. The standard InChI is InChI=1S/C20H25F3N4O3/c1-4-7-12-27-17(13-8-10-14(11-9-13)20(21,22)23)15(25-19(29)24-5-2)16(26-27)18(28)30-6-3/h8-11H,4-7,12H2,1-3H3,(H2,24,25,29). The molecular weight excluding hydrogens is 401 g/mol. The summed E-state index contributed by atoms with van der Waals surface area (Å²) >= 11 is 0. The first-order valence-corrected chi connectivity index (χ1v) is 9.73. The molecule has 2 amide bonds. The number of hydrogen-bond donors (Lipinski definition) is 2. The van der Waals surface area contributed by atoms with Crippen molar-refractivity contribution in [1.82, 2.24) is 15.1 Å². The van der Waals surface area contributed by atoms with Crippen LogP contribution in [0.25, 0.3) is 11.3 Å². The number of rotatable bonds is 8. The molecule has 1 aromatic carbocycles. The van der Waals surface area contributed by atoms with Crippen molar-refractivity contribution in [3.05, 3.63) is 35.5 Å². The van der Waals surface area contributed by atoms with Crippen LogP contribution in [0.15, 0.2) is 24.3 Å². The number of nitrogens with one attached hydrogen (secondary N) is 2. The molecule has 0 spiro atoms. The van der Waals surface area contributed by atoms with Crippen LogP contribution >= 0.6 is 0 Å². The first-order chi connectivity index (χ1) is 14.2. The van der Waals surface area contributed by atoms with Gasteiger partial charge in [-0.3, -0.25) is 4.68 Å². The molecule has 0 aliphatic heterocycles. The summed E-state index contributed by atoms with van der Waals surface area (Å²) in [6.07, 6.45) is -2.92. The average Bonchev–Trinajstić information content (AvgIpc) is 3.04. The van der Waals surface area contributed by atoms with Gasteiger partial charge in [0.1, 0.15) is 5.69 Å².